The summed E-state index contributed by atoms with van der Waals surface area (Å²) in [5.74, 6) is 0.583. The number of carbonyl (C=O) groups excluding carboxylic acids is 1. The van der Waals surface area contributed by atoms with Crippen LogP contribution in [-0.4, -0.2) is 24.2 Å². The molecule has 0 unspecified atom stereocenters. The summed E-state index contributed by atoms with van der Waals surface area (Å²) in [6.45, 7) is 4.78. The lowest BCUT2D eigenvalue weighted by Gasteiger charge is -2.03. The van der Waals surface area contributed by atoms with Crippen LogP contribution in [0.15, 0.2) is 29.6 Å². The summed E-state index contributed by atoms with van der Waals surface area (Å²) in [4.78, 5) is 15.9. The van der Waals surface area contributed by atoms with E-state index in [9.17, 15) is 4.79 Å². The van der Waals surface area contributed by atoms with Crippen LogP contribution in [0.25, 0.3) is 10.6 Å². The van der Waals surface area contributed by atoms with Crippen LogP contribution in [0.1, 0.15) is 19.5 Å². The maximum Gasteiger partial charge on any atom is 0.311 e. The first-order valence-electron chi connectivity index (χ1n) is 6.56. The molecule has 0 aliphatic heterocycles. The monoisotopic (exact) mass is 291 g/mol. The Morgan fingerprint density at radius 1 is 1.30 bits per heavy atom. The fourth-order valence-electron chi connectivity index (χ4n) is 1.77. The van der Waals surface area contributed by atoms with E-state index < -0.39 is 0 Å². The summed E-state index contributed by atoms with van der Waals surface area (Å²) in [6.07, 6.45) is 0.218. The minimum absolute atomic E-state index is 0.218. The topological polar surface area (TPSA) is 48.4 Å². The second-order valence-corrected chi connectivity index (χ2v) is 4.94. The van der Waals surface area contributed by atoms with Crippen LogP contribution in [-0.2, 0) is 16.0 Å². The van der Waals surface area contributed by atoms with Gasteiger partial charge in [-0.05, 0) is 26.0 Å². The van der Waals surface area contributed by atoms with Gasteiger partial charge in [-0.1, -0.05) is 12.1 Å². The van der Waals surface area contributed by atoms with Crippen LogP contribution in [0, 0.1) is 0 Å². The summed E-state index contributed by atoms with van der Waals surface area (Å²) in [7, 11) is 0. The molecule has 1 aromatic heterocycles. The lowest BCUT2D eigenvalue weighted by Crippen LogP contribution is -2.07. The Balaban J connectivity index is 2.12. The summed E-state index contributed by atoms with van der Waals surface area (Å²) in [5.41, 5.74) is 1.74. The van der Waals surface area contributed by atoms with Crippen LogP contribution in [0.5, 0.6) is 5.75 Å². The molecule has 0 atom stereocenters. The molecule has 4 nitrogen and oxygen atoms in total. The summed E-state index contributed by atoms with van der Waals surface area (Å²) >= 11 is 1.52. The Labute approximate surface area is 122 Å². The zero-order valence-electron chi connectivity index (χ0n) is 11.6. The van der Waals surface area contributed by atoms with E-state index in [1.54, 1.807) is 6.92 Å². The molecule has 0 aliphatic carbocycles. The predicted octanol–water partition coefficient (Wildman–Crippen LogP) is 3.31. The highest BCUT2D eigenvalue weighted by Crippen LogP contribution is 2.27. The van der Waals surface area contributed by atoms with E-state index in [1.165, 1.54) is 11.3 Å². The van der Waals surface area contributed by atoms with E-state index in [0.29, 0.717) is 13.2 Å². The largest absolute Gasteiger partial charge is 0.494 e. The summed E-state index contributed by atoms with van der Waals surface area (Å²) in [6, 6.07) is 7.79. The molecule has 2 rings (SSSR count). The van der Waals surface area contributed by atoms with Gasteiger partial charge in [-0.25, -0.2) is 4.98 Å². The van der Waals surface area contributed by atoms with Crippen LogP contribution < -0.4 is 4.74 Å². The van der Waals surface area contributed by atoms with Crippen molar-refractivity contribution in [1.29, 1.82) is 0 Å². The predicted molar refractivity (Wildman–Crippen MR) is 79.1 cm³/mol. The number of hydrogen-bond donors (Lipinski definition) is 0. The molecule has 1 aromatic carbocycles. The molecule has 2 aromatic rings. The first-order chi connectivity index (χ1) is 9.72. The van der Waals surface area contributed by atoms with E-state index in [-0.39, 0.29) is 12.4 Å². The fraction of sp³-hybridized carbons (Fsp3) is 0.333. The van der Waals surface area contributed by atoms with Gasteiger partial charge in [0.05, 0.1) is 25.3 Å². The molecule has 106 valence electrons. The van der Waals surface area contributed by atoms with Gasteiger partial charge in [0.25, 0.3) is 0 Å². The molecule has 20 heavy (non-hydrogen) atoms. The van der Waals surface area contributed by atoms with E-state index >= 15 is 0 Å². The first kappa shape index (κ1) is 14.5. The van der Waals surface area contributed by atoms with Gasteiger partial charge in [-0.2, -0.15) is 0 Å². The van der Waals surface area contributed by atoms with Gasteiger partial charge in [0.2, 0.25) is 0 Å². The van der Waals surface area contributed by atoms with Crippen LogP contribution >= 0.6 is 11.3 Å². The molecule has 0 saturated heterocycles. The second-order valence-electron chi connectivity index (χ2n) is 4.09. The van der Waals surface area contributed by atoms with Gasteiger partial charge in [0, 0.05) is 10.9 Å². The van der Waals surface area contributed by atoms with Crippen molar-refractivity contribution >= 4 is 17.3 Å². The number of esters is 1. The third-order valence-corrected chi connectivity index (χ3v) is 3.51. The van der Waals surface area contributed by atoms with Crippen molar-refractivity contribution in [2.75, 3.05) is 13.2 Å². The maximum atomic E-state index is 11.4. The van der Waals surface area contributed by atoms with Crippen molar-refractivity contribution in [2.24, 2.45) is 0 Å². The van der Waals surface area contributed by atoms with Crippen LogP contribution in [0.2, 0.25) is 0 Å². The Bertz CT molecular complexity index is 580. The number of aromatic nitrogens is 1. The van der Waals surface area contributed by atoms with Crippen molar-refractivity contribution in [3.05, 3.63) is 35.3 Å². The summed E-state index contributed by atoms with van der Waals surface area (Å²) < 4.78 is 10.4. The number of hydrogen-bond acceptors (Lipinski definition) is 5. The fourth-order valence-corrected chi connectivity index (χ4v) is 2.58. The molecular formula is C15H17NO3S. The average Bonchev–Trinajstić information content (AvgIpc) is 2.88. The third kappa shape index (κ3) is 3.81. The number of rotatable bonds is 6. The average molecular weight is 291 g/mol. The molecule has 0 saturated carbocycles. The maximum absolute atomic E-state index is 11.4. The molecule has 0 amide bonds. The molecule has 0 bridgehead atoms. The minimum Gasteiger partial charge on any atom is -0.494 e. The Kier molecular flexibility index (Phi) is 5.12. The van der Waals surface area contributed by atoms with Crippen molar-refractivity contribution in [3.63, 3.8) is 0 Å². The van der Waals surface area contributed by atoms with Gasteiger partial charge < -0.3 is 9.47 Å². The molecule has 0 radical (unpaired) electrons. The second kappa shape index (κ2) is 7.05. The molecule has 5 heteroatoms. The standard InChI is InChI=1S/C15H17NO3S/c1-3-18-13-7-5-6-11(8-13)15-16-12(10-20-15)9-14(17)19-4-2/h5-8,10H,3-4,9H2,1-2H3. The number of ether oxygens (including phenoxy) is 2. The number of nitrogens with zero attached hydrogens (tertiary/aromatic N) is 1. The lowest BCUT2D eigenvalue weighted by atomic mass is 10.2. The highest BCUT2D eigenvalue weighted by molar-refractivity contribution is 7.13. The number of carbonyl (C=O) groups is 1. The van der Waals surface area contributed by atoms with E-state index in [1.807, 2.05) is 36.6 Å². The zero-order chi connectivity index (χ0) is 14.4. The Morgan fingerprint density at radius 2 is 2.15 bits per heavy atom. The molecule has 0 aliphatic rings. The van der Waals surface area contributed by atoms with Gasteiger partial charge >= 0.3 is 5.97 Å². The Morgan fingerprint density at radius 3 is 2.90 bits per heavy atom. The zero-order valence-corrected chi connectivity index (χ0v) is 12.4. The van der Waals surface area contributed by atoms with Crippen LogP contribution in [0.4, 0.5) is 0 Å². The summed E-state index contributed by atoms with van der Waals surface area (Å²) in [5, 5.41) is 2.77. The van der Waals surface area contributed by atoms with Crippen LogP contribution in [0.3, 0.4) is 0 Å². The van der Waals surface area contributed by atoms with E-state index in [4.69, 9.17) is 9.47 Å². The van der Waals surface area contributed by atoms with Crippen molar-refractivity contribution < 1.29 is 14.3 Å². The van der Waals surface area contributed by atoms with Crippen molar-refractivity contribution in [2.45, 2.75) is 20.3 Å². The smallest absolute Gasteiger partial charge is 0.311 e. The third-order valence-electron chi connectivity index (χ3n) is 2.57. The molecule has 0 fully saturated rings. The Hall–Kier alpha value is -1.88. The lowest BCUT2D eigenvalue weighted by molar-refractivity contribution is -0.142. The molecular weight excluding hydrogens is 274 g/mol. The first-order valence-corrected chi connectivity index (χ1v) is 7.44. The van der Waals surface area contributed by atoms with E-state index in [2.05, 4.69) is 4.98 Å². The van der Waals surface area contributed by atoms with Crippen molar-refractivity contribution in [1.82, 2.24) is 4.98 Å². The SMILES string of the molecule is CCOC(=O)Cc1csc(-c2cccc(OCC)c2)n1. The minimum atomic E-state index is -0.243. The quantitative estimate of drug-likeness (QED) is 0.766. The highest BCUT2D eigenvalue weighted by Gasteiger charge is 2.10. The van der Waals surface area contributed by atoms with E-state index in [0.717, 1.165) is 22.0 Å². The van der Waals surface area contributed by atoms with Gasteiger partial charge in [-0.15, -0.1) is 11.3 Å². The molecule has 0 spiro atoms. The van der Waals surface area contributed by atoms with Gasteiger partial charge in [-0.3, -0.25) is 4.79 Å². The number of thiazole rings is 1. The van der Waals surface area contributed by atoms with Crippen molar-refractivity contribution in [3.8, 4) is 16.3 Å². The highest BCUT2D eigenvalue weighted by atomic mass is 32.1. The molecule has 1 heterocycles. The van der Waals surface area contributed by atoms with Gasteiger partial charge in [0.1, 0.15) is 10.8 Å². The molecule has 0 N–H and O–H groups in total. The normalized spacial score (nSPS) is 10.3. The number of benzene rings is 1. The van der Waals surface area contributed by atoms with Gasteiger partial charge in [0.15, 0.2) is 0 Å².